The molecule has 1 N–H and O–H groups in total. The number of rotatable bonds is 3. The second-order valence-corrected chi connectivity index (χ2v) is 4.46. The number of nitrogens with one attached hydrogen (secondary N) is 1. The Morgan fingerprint density at radius 3 is 2.53 bits per heavy atom. The number of Topliss-reactive ketones (excluding diaryl/α,β-unsaturated/α-hetero) is 1. The highest BCUT2D eigenvalue weighted by Gasteiger charge is 2.40. The van der Waals surface area contributed by atoms with E-state index in [2.05, 4.69) is 10.2 Å². The van der Waals surface area contributed by atoms with Crippen molar-refractivity contribution in [3.05, 3.63) is 0 Å². The highest BCUT2D eigenvalue weighted by Crippen LogP contribution is 2.33. The number of carbonyl (C=O) groups excluding carboxylic acids is 2. The molecule has 0 aromatic heterocycles. The van der Waals surface area contributed by atoms with E-state index in [0.29, 0.717) is 43.8 Å². The zero-order valence-corrected chi connectivity index (χ0v) is 9.16. The summed E-state index contributed by atoms with van der Waals surface area (Å²) < 4.78 is 0. The van der Waals surface area contributed by atoms with Crippen LogP contribution in [0.3, 0.4) is 0 Å². The number of piperidine rings is 1. The largest absolute Gasteiger partial charge is 0.355 e. The molecular weight excluding hydrogens is 192 g/mol. The number of nitrogens with zero attached hydrogens (tertiary/aromatic N) is 1. The topological polar surface area (TPSA) is 49.4 Å². The highest BCUT2D eigenvalue weighted by atomic mass is 16.2. The van der Waals surface area contributed by atoms with E-state index in [1.807, 2.05) is 6.92 Å². The van der Waals surface area contributed by atoms with E-state index in [0.717, 1.165) is 12.8 Å². The Morgan fingerprint density at radius 1 is 1.40 bits per heavy atom. The van der Waals surface area contributed by atoms with Crippen LogP contribution >= 0.6 is 0 Å². The van der Waals surface area contributed by atoms with E-state index in [4.69, 9.17) is 0 Å². The third-order valence-electron chi connectivity index (χ3n) is 3.40. The van der Waals surface area contributed by atoms with Gasteiger partial charge in [-0.25, -0.2) is 0 Å². The highest BCUT2D eigenvalue weighted by molar-refractivity contribution is 5.82. The first kappa shape index (κ1) is 10.6. The Labute approximate surface area is 90.0 Å². The Kier molecular flexibility index (Phi) is 3.05. The number of hydrogen-bond donors (Lipinski definition) is 1. The maximum atomic E-state index is 11.5. The minimum Gasteiger partial charge on any atom is -0.355 e. The molecule has 0 aromatic carbocycles. The van der Waals surface area contributed by atoms with Crippen molar-refractivity contribution in [3.8, 4) is 0 Å². The standard InChI is InChI=1S/C11H18N2O2/c1-2-12-11(15)7-13-8-3-4-9(13)6-10(14)5-8/h8-9H,2-7H2,1H3,(H,12,15). The number of fused-ring (bicyclic) bond motifs is 2. The van der Waals surface area contributed by atoms with E-state index in [-0.39, 0.29) is 5.91 Å². The van der Waals surface area contributed by atoms with Gasteiger partial charge >= 0.3 is 0 Å². The van der Waals surface area contributed by atoms with Crippen LogP contribution in [0.4, 0.5) is 0 Å². The molecule has 2 saturated heterocycles. The van der Waals surface area contributed by atoms with Crippen molar-refractivity contribution in [1.82, 2.24) is 10.2 Å². The average Bonchev–Trinajstić information content (AvgIpc) is 2.44. The molecule has 2 aliphatic rings. The van der Waals surface area contributed by atoms with Gasteiger partial charge in [0.1, 0.15) is 5.78 Å². The number of ketones is 1. The average molecular weight is 210 g/mol. The molecule has 2 rings (SSSR count). The summed E-state index contributed by atoms with van der Waals surface area (Å²) in [6.07, 6.45) is 3.46. The molecule has 0 radical (unpaired) electrons. The van der Waals surface area contributed by atoms with Crippen molar-refractivity contribution in [2.24, 2.45) is 0 Å². The van der Waals surface area contributed by atoms with Gasteiger partial charge in [0.15, 0.2) is 0 Å². The maximum absolute atomic E-state index is 11.5. The monoisotopic (exact) mass is 210 g/mol. The van der Waals surface area contributed by atoms with Gasteiger partial charge in [-0.3, -0.25) is 14.5 Å². The van der Waals surface area contributed by atoms with Gasteiger partial charge in [0, 0.05) is 31.5 Å². The molecular formula is C11H18N2O2. The lowest BCUT2D eigenvalue weighted by Gasteiger charge is -2.33. The summed E-state index contributed by atoms with van der Waals surface area (Å²) >= 11 is 0. The van der Waals surface area contributed by atoms with Crippen molar-refractivity contribution in [2.45, 2.75) is 44.7 Å². The van der Waals surface area contributed by atoms with Crippen molar-refractivity contribution in [2.75, 3.05) is 13.1 Å². The number of likely N-dealkylation sites (N-methyl/N-ethyl adjacent to an activating group) is 1. The van der Waals surface area contributed by atoms with E-state index in [1.165, 1.54) is 0 Å². The maximum Gasteiger partial charge on any atom is 0.234 e. The fourth-order valence-electron chi connectivity index (χ4n) is 2.74. The molecule has 4 heteroatoms. The first-order valence-corrected chi connectivity index (χ1v) is 5.75. The zero-order chi connectivity index (χ0) is 10.8. The van der Waals surface area contributed by atoms with Gasteiger partial charge in [-0.1, -0.05) is 0 Å². The summed E-state index contributed by atoms with van der Waals surface area (Å²) in [7, 11) is 0. The molecule has 84 valence electrons. The van der Waals surface area contributed by atoms with Crippen LogP contribution in [0.25, 0.3) is 0 Å². The third kappa shape index (κ3) is 2.20. The van der Waals surface area contributed by atoms with E-state index in [9.17, 15) is 9.59 Å². The molecule has 2 aliphatic heterocycles. The van der Waals surface area contributed by atoms with Gasteiger partial charge < -0.3 is 5.32 Å². The molecule has 2 unspecified atom stereocenters. The first-order chi connectivity index (χ1) is 7.20. The summed E-state index contributed by atoms with van der Waals surface area (Å²) in [6, 6.07) is 0.665. The summed E-state index contributed by atoms with van der Waals surface area (Å²) in [5.74, 6) is 0.457. The predicted molar refractivity (Wildman–Crippen MR) is 56.4 cm³/mol. The summed E-state index contributed by atoms with van der Waals surface area (Å²) in [5, 5.41) is 2.81. The lowest BCUT2D eigenvalue weighted by molar-refractivity contribution is -0.128. The molecule has 2 atom stereocenters. The Morgan fingerprint density at radius 2 is 2.00 bits per heavy atom. The predicted octanol–water partition coefficient (Wildman–Crippen LogP) is 0.318. The van der Waals surface area contributed by atoms with Gasteiger partial charge in [-0.2, -0.15) is 0 Å². The molecule has 2 bridgehead atoms. The molecule has 0 saturated carbocycles. The van der Waals surface area contributed by atoms with Crippen molar-refractivity contribution >= 4 is 11.7 Å². The van der Waals surface area contributed by atoms with E-state index < -0.39 is 0 Å². The van der Waals surface area contributed by atoms with Crippen LogP contribution in [-0.2, 0) is 9.59 Å². The van der Waals surface area contributed by atoms with Crippen LogP contribution in [0.15, 0.2) is 0 Å². The number of carbonyl (C=O) groups is 2. The van der Waals surface area contributed by atoms with Crippen molar-refractivity contribution < 1.29 is 9.59 Å². The van der Waals surface area contributed by atoms with Gasteiger partial charge in [-0.05, 0) is 19.8 Å². The van der Waals surface area contributed by atoms with Crippen LogP contribution in [0.5, 0.6) is 0 Å². The summed E-state index contributed by atoms with van der Waals surface area (Å²) in [6.45, 7) is 3.07. The molecule has 2 fully saturated rings. The summed E-state index contributed by atoms with van der Waals surface area (Å²) in [5.41, 5.74) is 0. The van der Waals surface area contributed by atoms with E-state index in [1.54, 1.807) is 0 Å². The number of amides is 1. The molecule has 1 amide bonds. The van der Waals surface area contributed by atoms with Crippen LogP contribution in [-0.4, -0.2) is 41.8 Å². The normalized spacial score (nSPS) is 30.6. The SMILES string of the molecule is CCNC(=O)CN1C2CCC1CC(=O)C2. The fraction of sp³-hybridized carbons (Fsp3) is 0.818. The minimum atomic E-state index is 0.0868. The molecule has 15 heavy (non-hydrogen) atoms. The Bertz CT molecular complexity index is 262. The van der Waals surface area contributed by atoms with Crippen LogP contribution in [0.1, 0.15) is 32.6 Å². The van der Waals surface area contributed by atoms with Crippen LogP contribution in [0.2, 0.25) is 0 Å². The smallest absolute Gasteiger partial charge is 0.234 e. The third-order valence-corrected chi connectivity index (χ3v) is 3.40. The van der Waals surface area contributed by atoms with Gasteiger partial charge in [0.05, 0.1) is 6.54 Å². The number of hydrogen-bond acceptors (Lipinski definition) is 3. The molecule has 0 aromatic rings. The minimum absolute atomic E-state index is 0.0868. The van der Waals surface area contributed by atoms with Gasteiger partial charge in [0.25, 0.3) is 0 Å². The second-order valence-electron chi connectivity index (χ2n) is 4.46. The molecule has 2 heterocycles. The first-order valence-electron chi connectivity index (χ1n) is 5.75. The Balaban J connectivity index is 1.93. The van der Waals surface area contributed by atoms with Crippen molar-refractivity contribution in [3.63, 3.8) is 0 Å². The fourth-order valence-corrected chi connectivity index (χ4v) is 2.74. The quantitative estimate of drug-likeness (QED) is 0.729. The van der Waals surface area contributed by atoms with Gasteiger partial charge in [-0.15, -0.1) is 0 Å². The van der Waals surface area contributed by atoms with Crippen molar-refractivity contribution in [1.29, 1.82) is 0 Å². The van der Waals surface area contributed by atoms with E-state index >= 15 is 0 Å². The lowest BCUT2D eigenvalue weighted by atomic mass is 10.0. The second kappa shape index (κ2) is 4.31. The van der Waals surface area contributed by atoms with Crippen LogP contribution in [0, 0.1) is 0 Å². The van der Waals surface area contributed by atoms with Crippen LogP contribution < -0.4 is 5.32 Å². The lowest BCUT2D eigenvalue weighted by Crippen LogP contribution is -2.48. The Hall–Kier alpha value is -0.900. The van der Waals surface area contributed by atoms with Gasteiger partial charge in [0.2, 0.25) is 5.91 Å². The zero-order valence-electron chi connectivity index (χ0n) is 9.16. The summed E-state index contributed by atoms with van der Waals surface area (Å²) in [4.78, 5) is 25.0. The molecule has 4 nitrogen and oxygen atoms in total. The molecule has 0 spiro atoms. The molecule has 0 aliphatic carbocycles.